The zero-order valence-electron chi connectivity index (χ0n) is 9.19. The Kier molecular flexibility index (Phi) is 2.57. The smallest absolute Gasteiger partial charge is 0.235 e. The summed E-state index contributed by atoms with van der Waals surface area (Å²) in [4.78, 5) is 7.78. The van der Waals surface area contributed by atoms with Crippen molar-refractivity contribution in [2.45, 2.75) is 0 Å². The van der Waals surface area contributed by atoms with Gasteiger partial charge in [0.25, 0.3) is 0 Å². The molecule has 2 rings (SSSR count). The summed E-state index contributed by atoms with van der Waals surface area (Å²) in [6, 6.07) is 4.89. The molecule has 0 N–H and O–H groups in total. The van der Waals surface area contributed by atoms with Crippen LogP contribution in [0.2, 0.25) is 0 Å². The van der Waals surface area contributed by atoms with Crippen LogP contribution in [0.3, 0.4) is 0 Å². The van der Waals surface area contributed by atoms with Crippen molar-refractivity contribution in [2.75, 3.05) is 14.1 Å². The van der Waals surface area contributed by atoms with Gasteiger partial charge in [-0.3, -0.25) is 0 Å². The average Bonchev–Trinajstić information content (AvgIpc) is 2.67. The van der Waals surface area contributed by atoms with E-state index in [0.29, 0.717) is 0 Å². The number of rotatable bonds is 2. The topological polar surface area (TPSA) is 91.9 Å². The molecule has 2 aromatic heterocycles. The molecule has 7 nitrogen and oxygen atoms in total. The summed E-state index contributed by atoms with van der Waals surface area (Å²) < 4.78 is 26.0. The lowest BCUT2D eigenvalue weighted by Crippen LogP contribution is -2.29. The maximum absolute atomic E-state index is 12.1. The van der Waals surface area contributed by atoms with Crippen LogP contribution in [-0.4, -0.2) is 40.8 Å². The summed E-state index contributed by atoms with van der Waals surface area (Å²) in [5, 5.41) is 8.92. The predicted octanol–water partition coefficient (Wildman–Crippen LogP) is -0.0425. The van der Waals surface area contributed by atoms with Gasteiger partial charge in [0.05, 0.1) is 0 Å². The number of pyridine rings is 1. The van der Waals surface area contributed by atoms with Crippen LogP contribution in [0.5, 0.6) is 0 Å². The summed E-state index contributed by atoms with van der Waals surface area (Å²) in [5.41, 5.74) is 0.521. The van der Waals surface area contributed by atoms with Crippen molar-refractivity contribution in [1.82, 2.24) is 18.2 Å². The molecule has 8 heteroatoms. The fourth-order valence-corrected chi connectivity index (χ4v) is 2.38. The third-order valence-corrected chi connectivity index (χ3v) is 3.94. The van der Waals surface area contributed by atoms with Crippen molar-refractivity contribution in [3.05, 3.63) is 24.2 Å². The molecule has 0 bridgehead atoms. The number of hydrogen-bond donors (Lipinski definition) is 0. The van der Waals surface area contributed by atoms with E-state index in [0.717, 1.165) is 8.28 Å². The highest BCUT2D eigenvalue weighted by Crippen LogP contribution is 2.17. The summed E-state index contributed by atoms with van der Waals surface area (Å²) >= 11 is 0. The average molecular weight is 251 g/mol. The third-order valence-electron chi connectivity index (χ3n) is 2.18. The number of imidazole rings is 1. The number of nitrogens with zero attached hydrogens (tertiary/aromatic N) is 5. The van der Waals surface area contributed by atoms with E-state index in [2.05, 4.69) is 9.97 Å². The minimum absolute atomic E-state index is 0.201. The highest BCUT2D eigenvalue weighted by Gasteiger charge is 2.24. The summed E-state index contributed by atoms with van der Waals surface area (Å²) in [6.45, 7) is 0. The Labute approximate surface area is 98.1 Å². The van der Waals surface area contributed by atoms with E-state index in [1.54, 1.807) is 18.2 Å². The van der Waals surface area contributed by atoms with Crippen molar-refractivity contribution in [2.24, 2.45) is 0 Å². The van der Waals surface area contributed by atoms with E-state index in [4.69, 9.17) is 5.26 Å². The summed E-state index contributed by atoms with van der Waals surface area (Å²) in [6.07, 6.45) is 1.49. The molecular formula is C9H9N5O2S. The predicted molar refractivity (Wildman–Crippen MR) is 60.2 cm³/mol. The van der Waals surface area contributed by atoms with E-state index in [1.807, 2.05) is 0 Å². The molecule has 0 saturated carbocycles. The first kappa shape index (κ1) is 11.5. The zero-order valence-corrected chi connectivity index (χ0v) is 10.0. The molecular weight excluding hydrogens is 242 g/mol. The molecule has 0 radical (unpaired) electrons. The molecule has 0 aliphatic heterocycles. The van der Waals surface area contributed by atoms with Crippen LogP contribution >= 0.6 is 0 Å². The molecule has 0 aliphatic rings. The van der Waals surface area contributed by atoms with E-state index in [-0.39, 0.29) is 17.0 Å². The van der Waals surface area contributed by atoms with Crippen molar-refractivity contribution in [1.29, 1.82) is 5.26 Å². The van der Waals surface area contributed by atoms with Gasteiger partial charge in [-0.05, 0) is 12.1 Å². The highest BCUT2D eigenvalue weighted by molar-refractivity contribution is 7.87. The molecule has 0 spiro atoms. The number of aromatic nitrogens is 3. The van der Waals surface area contributed by atoms with Crippen LogP contribution in [0.15, 0.2) is 18.3 Å². The number of hydrogen-bond acceptors (Lipinski definition) is 5. The molecule has 0 aromatic carbocycles. The molecule has 0 saturated heterocycles. The minimum Gasteiger partial charge on any atom is -0.235 e. The van der Waals surface area contributed by atoms with Crippen LogP contribution < -0.4 is 0 Å². The van der Waals surface area contributed by atoms with Gasteiger partial charge in [-0.25, -0.2) is 4.98 Å². The van der Waals surface area contributed by atoms with Crippen LogP contribution in [0.1, 0.15) is 5.82 Å². The van der Waals surface area contributed by atoms with Crippen LogP contribution in [0.25, 0.3) is 11.2 Å². The molecule has 2 aromatic rings. The summed E-state index contributed by atoms with van der Waals surface area (Å²) in [5.74, 6) is -0.201. The van der Waals surface area contributed by atoms with Gasteiger partial charge in [0.1, 0.15) is 11.6 Å². The fourth-order valence-electron chi connectivity index (χ4n) is 1.36. The van der Waals surface area contributed by atoms with Crippen molar-refractivity contribution >= 4 is 21.4 Å². The molecule has 2 heterocycles. The van der Waals surface area contributed by atoms with Crippen molar-refractivity contribution in [3.63, 3.8) is 0 Å². The fraction of sp³-hybridized carbons (Fsp3) is 0.222. The SMILES string of the molecule is CN(C)S(=O)(=O)n1c(C#N)nc2ncccc21. The van der Waals surface area contributed by atoms with Crippen LogP contribution in [-0.2, 0) is 10.2 Å². The van der Waals surface area contributed by atoms with E-state index >= 15 is 0 Å². The number of fused-ring (bicyclic) bond motifs is 1. The monoisotopic (exact) mass is 251 g/mol. The normalized spacial score (nSPS) is 11.9. The maximum Gasteiger partial charge on any atom is 0.309 e. The second kappa shape index (κ2) is 3.80. The lowest BCUT2D eigenvalue weighted by atomic mass is 10.4. The number of nitriles is 1. The van der Waals surface area contributed by atoms with Gasteiger partial charge < -0.3 is 0 Å². The lowest BCUT2D eigenvalue weighted by Gasteiger charge is -2.12. The second-order valence-electron chi connectivity index (χ2n) is 3.45. The van der Waals surface area contributed by atoms with Gasteiger partial charge in [0.15, 0.2) is 5.65 Å². The Balaban J connectivity index is 2.90. The Bertz CT molecular complexity index is 711. The van der Waals surface area contributed by atoms with Gasteiger partial charge in [0.2, 0.25) is 5.82 Å². The molecule has 0 aliphatic carbocycles. The Hall–Kier alpha value is -1.98. The Morgan fingerprint density at radius 1 is 1.47 bits per heavy atom. The standard InChI is InChI=1S/C9H9N5O2S/c1-13(2)17(15,16)14-7-4-3-5-11-9(7)12-8(14)6-10/h3-5H,1-2H3. The van der Waals surface area contributed by atoms with Gasteiger partial charge >= 0.3 is 10.2 Å². The van der Waals surface area contributed by atoms with Crippen LogP contribution in [0.4, 0.5) is 0 Å². The molecule has 0 fully saturated rings. The first-order valence-corrected chi connectivity index (χ1v) is 6.05. The third kappa shape index (κ3) is 1.65. The van der Waals surface area contributed by atoms with Crippen molar-refractivity contribution < 1.29 is 8.42 Å². The van der Waals surface area contributed by atoms with Crippen LogP contribution in [0, 0.1) is 11.3 Å². The quantitative estimate of drug-likeness (QED) is 0.746. The van der Waals surface area contributed by atoms with Gasteiger partial charge in [-0.15, -0.1) is 0 Å². The zero-order chi connectivity index (χ0) is 12.6. The van der Waals surface area contributed by atoms with E-state index in [1.165, 1.54) is 20.3 Å². The first-order valence-electron chi connectivity index (χ1n) is 4.65. The Morgan fingerprint density at radius 3 is 2.76 bits per heavy atom. The molecule has 17 heavy (non-hydrogen) atoms. The molecule has 0 amide bonds. The van der Waals surface area contributed by atoms with E-state index < -0.39 is 10.2 Å². The minimum atomic E-state index is -3.78. The largest absolute Gasteiger partial charge is 0.309 e. The van der Waals surface area contributed by atoms with Gasteiger partial charge in [0, 0.05) is 20.3 Å². The van der Waals surface area contributed by atoms with E-state index in [9.17, 15) is 8.42 Å². The van der Waals surface area contributed by atoms with Gasteiger partial charge in [-0.2, -0.15) is 26.9 Å². The highest BCUT2D eigenvalue weighted by atomic mass is 32.2. The lowest BCUT2D eigenvalue weighted by molar-refractivity contribution is 0.511. The molecule has 0 unspecified atom stereocenters. The van der Waals surface area contributed by atoms with Gasteiger partial charge in [-0.1, -0.05) is 0 Å². The van der Waals surface area contributed by atoms with Crippen molar-refractivity contribution in [3.8, 4) is 6.07 Å². The summed E-state index contributed by atoms with van der Waals surface area (Å²) in [7, 11) is -1.00. The molecule has 88 valence electrons. The Morgan fingerprint density at radius 2 is 2.18 bits per heavy atom. The second-order valence-corrected chi connectivity index (χ2v) is 5.44. The first-order chi connectivity index (χ1) is 7.98. The molecule has 0 atom stereocenters. The maximum atomic E-state index is 12.1.